The quantitative estimate of drug-likeness (QED) is 0.238. The van der Waals surface area contributed by atoms with Gasteiger partial charge in [0.15, 0.2) is 6.61 Å². The highest BCUT2D eigenvalue weighted by molar-refractivity contribution is 6.01. The molecule has 15 heteroatoms. The van der Waals surface area contributed by atoms with Crippen molar-refractivity contribution in [1.82, 2.24) is 45.3 Å². The Bertz CT molecular complexity index is 1600. The number of carbonyl (C=O) groups excluding carboxylic acids is 2. The van der Waals surface area contributed by atoms with Crippen molar-refractivity contribution in [2.24, 2.45) is 7.05 Å². The van der Waals surface area contributed by atoms with Crippen molar-refractivity contribution < 1.29 is 27.5 Å². The van der Waals surface area contributed by atoms with E-state index in [0.29, 0.717) is 53.1 Å². The number of alkyl halides is 3. The molecule has 3 aromatic heterocycles. The van der Waals surface area contributed by atoms with Crippen molar-refractivity contribution in [1.29, 1.82) is 0 Å². The third-order valence-electron chi connectivity index (χ3n) is 7.16. The van der Waals surface area contributed by atoms with Gasteiger partial charge in [-0.2, -0.15) is 18.0 Å². The van der Waals surface area contributed by atoms with Gasteiger partial charge in [0.05, 0.1) is 18.0 Å². The van der Waals surface area contributed by atoms with E-state index < -0.39 is 12.8 Å². The van der Waals surface area contributed by atoms with Crippen LogP contribution in [-0.4, -0.2) is 92.0 Å². The van der Waals surface area contributed by atoms with E-state index in [0.717, 1.165) is 19.4 Å². The minimum atomic E-state index is -4.52. The van der Waals surface area contributed by atoms with E-state index in [1.54, 1.807) is 46.8 Å². The van der Waals surface area contributed by atoms with E-state index in [2.05, 4.69) is 31.0 Å². The molecule has 0 aliphatic carbocycles. The Morgan fingerprint density at radius 3 is 2.74 bits per heavy atom. The molecule has 4 aromatic rings. The molecular weight excluding hydrogens is 567 g/mol. The molecule has 0 saturated carbocycles. The predicted molar refractivity (Wildman–Crippen MR) is 150 cm³/mol. The van der Waals surface area contributed by atoms with Gasteiger partial charge in [-0.15, -0.1) is 10.2 Å². The molecule has 228 valence electrons. The van der Waals surface area contributed by atoms with Gasteiger partial charge in [0, 0.05) is 43.0 Å². The number of nitrogens with one attached hydrogen (secondary N) is 2. The van der Waals surface area contributed by atoms with Gasteiger partial charge in [0.2, 0.25) is 11.7 Å². The number of amides is 2. The number of fused-ring (bicyclic) bond motifs is 3. The summed E-state index contributed by atoms with van der Waals surface area (Å²) in [4.78, 5) is 33.9. The van der Waals surface area contributed by atoms with Crippen LogP contribution < -0.4 is 15.4 Å². The van der Waals surface area contributed by atoms with E-state index >= 15 is 0 Å². The summed E-state index contributed by atoms with van der Waals surface area (Å²) in [7, 11) is 3.53. The van der Waals surface area contributed by atoms with Crippen molar-refractivity contribution in [2.45, 2.75) is 38.0 Å². The maximum atomic E-state index is 13.6. The molecule has 1 aromatic carbocycles. The molecule has 0 spiro atoms. The van der Waals surface area contributed by atoms with Crippen molar-refractivity contribution in [3.8, 4) is 17.3 Å². The number of benzene rings is 1. The van der Waals surface area contributed by atoms with Crippen LogP contribution in [0.25, 0.3) is 22.3 Å². The molecule has 1 aliphatic rings. The lowest BCUT2D eigenvalue weighted by Crippen LogP contribution is -2.49. The Balaban J connectivity index is 1.33. The number of ether oxygens (including phenoxy) is 1. The van der Waals surface area contributed by atoms with Gasteiger partial charge in [-0.25, -0.2) is 4.98 Å². The summed E-state index contributed by atoms with van der Waals surface area (Å²) in [5.74, 6) is -0.350. The van der Waals surface area contributed by atoms with E-state index in [4.69, 9.17) is 4.74 Å². The summed E-state index contributed by atoms with van der Waals surface area (Å²) in [5.41, 5.74) is 1.98. The molecule has 2 amide bonds. The number of halogens is 3. The molecule has 12 nitrogen and oxygen atoms in total. The van der Waals surface area contributed by atoms with Crippen LogP contribution in [0, 0.1) is 0 Å². The zero-order valence-corrected chi connectivity index (χ0v) is 23.8. The zero-order chi connectivity index (χ0) is 30.6. The van der Waals surface area contributed by atoms with Crippen LogP contribution in [0.3, 0.4) is 0 Å². The van der Waals surface area contributed by atoms with Crippen LogP contribution in [0.4, 0.5) is 13.2 Å². The second-order valence-electron chi connectivity index (χ2n) is 10.3. The fourth-order valence-electron chi connectivity index (χ4n) is 5.14. The number of aromatic nitrogens is 6. The lowest BCUT2D eigenvalue weighted by molar-refractivity contribution is -0.153. The summed E-state index contributed by atoms with van der Waals surface area (Å²) in [6.45, 7) is 0.414. The normalized spacial score (nSPS) is 14.2. The number of carbonyl (C=O) groups is 2. The third-order valence-corrected chi connectivity index (χ3v) is 7.16. The predicted octanol–water partition coefficient (Wildman–Crippen LogP) is 2.81. The summed E-state index contributed by atoms with van der Waals surface area (Å²) in [5, 5.41) is 18.6. The number of rotatable bonds is 12. The molecule has 1 aliphatic heterocycles. The summed E-state index contributed by atoms with van der Waals surface area (Å²) < 4.78 is 45.0. The molecule has 0 saturated heterocycles. The van der Waals surface area contributed by atoms with E-state index in [1.807, 2.05) is 7.05 Å². The molecule has 2 N–H and O–H groups in total. The largest absolute Gasteiger partial charge is 0.468 e. The van der Waals surface area contributed by atoms with Gasteiger partial charge in [0.1, 0.15) is 5.69 Å². The minimum absolute atomic E-state index is 0.176. The SMILES string of the molecule is CNCCCC[C@@H](CN1CCn2c(cc3c(OCC(F)(F)F)nccc32)C1=O)NC(=O)c1cccc(-c2nnn(C)n2)c1. The van der Waals surface area contributed by atoms with Crippen LogP contribution in [0.5, 0.6) is 5.88 Å². The van der Waals surface area contributed by atoms with Gasteiger partial charge >= 0.3 is 6.18 Å². The van der Waals surface area contributed by atoms with E-state index in [9.17, 15) is 22.8 Å². The molecule has 0 unspecified atom stereocenters. The van der Waals surface area contributed by atoms with Gasteiger partial charge < -0.3 is 24.8 Å². The summed E-state index contributed by atoms with van der Waals surface area (Å²) in [6.07, 6.45) is -0.790. The first-order chi connectivity index (χ1) is 20.6. The van der Waals surface area contributed by atoms with Crippen LogP contribution >= 0.6 is 0 Å². The Morgan fingerprint density at radius 2 is 2.00 bits per heavy atom. The second kappa shape index (κ2) is 12.8. The molecular formula is C28H32F3N9O3. The Morgan fingerprint density at radius 1 is 1.16 bits per heavy atom. The standard InChI is InChI=1S/C28H32F3N9O3/c1-32-10-4-3-8-20(34-25(41)19-7-5-6-18(14-19)24-35-37-38(2)36-24)16-39-12-13-40-22-9-11-33-26(43-17-28(29,30)31)21(22)15-23(40)27(39)42/h5-7,9,11,14-15,20,32H,3-4,8,10,12-13,16-17H2,1-2H3,(H,34,41)/t20-/m0/s1. The number of aryl methyl sites for hydroxylation is 1. The lowest BCUT2D eigenvalue weighted by atomic mass is 10.1. The first-order valence-electron chi connectivity index (χ1n) is 13.9. The molecule has 43 heavy (non-hydrogen) atoms. The van der Waals surface area contributed by atoms with E-state index in [1.165, 1.54) is 17.1 Å². The molecule has 5 rings (SSSR count). The highest BCUT2D eigenvalue weighted by Crippen LogP contribution is 2.31. The fraction of sp³-hybridized carbons (Fsp3) is 0.429. The number of hydrogen-bond acceptors (Lipinski definition) is 8. The summed E-state index contributed by atoms with van der Waals surface area (Å²) >= 11 is 0. The van der Waals surface area contributed by atoms with Crippen LogP contribution in [0.1, 0.15) is 40.1 Å². The number of nitrogens with zero attached hydrogens (tertiary/aromatic N) is 7. The summed E-state index contributed by atoms with van der Waals surface area (Å²) in [6, 6.07) is 9.77. The average molecular weight is 600 g/mol. The van der Waals surface area contributed by atoms with Gasteiger partial charge in [-0.05, 0) is 55.9 Å². The van der Waals surface area contributed by atoms with Crippen molar-refractivity contribution in [2.75, 3.05) is 33.3 Å². The first-order valence-corrected chi connectivity index (χ1v) is 13.9. The van der Waals surface area contributed by atoms with Crippen molar-refractivity contribution in [3.05, 3.63) is 53.9 Å². The minimum Gasteiger partial charge on any atom is -0.468 e. The Labute approximate surface area is 245 Å². The smallest absolute Gasteiger partial charge is 0.422 e. The second-order valence-corrected chi connectivity index (χ2v) is 10.3. The topological polar surface area (TPSA) is 132 Å². The molecule has 1 atom stereocenters. The van der Waals surface area contributed by atoms with Crippen LogP contribution in [-0.2, 0) is 13.6 Å². The number of tetrazole rings is 1. The fourth-order valence-corrected chi connectivity index (χ4v) is 5.14. The highest BCUT2D eigenvalue weighted by Gasteiger charge is 2.32. The van der Waals surface area contributed by atoms with Crippen LogP contribution in [0.2, 0.25) is 0 Å². The maximum Gasteiger partial charge on any atom is 0.422 e. The van der Waals surface area contributed by atoms with Gasteiger partial charge in [-0.3, -0.25) is 9.59 Å². The van der Waals surface area contributed by atoms with Crippen LogP contribution in [0.15, 0.2) is 42.6 Å². The van der Waals surface area contributed by atoms with Crippen molar-refractivity contribution >= 4 is 22.7 Å². The van der Waals surface area contributed by atoms with Gasteiger partial charge in [0.25, 0.3) is 11.8 Å². The maximum absolute atomic E-state index is 13.6. The van der Waals surface area contributed by atoms with E-state index in [-0.39, 0.29) is 30.3 Å². The molecule has 0 bridgehead atoms. The first kappa shape index (κ1) is 29.9. The lowest BCUT2D eigenvalue weighted by Gasteiger charge is -2.32. The molecule has 0 fully saturated rings. The Kier molecular flexibility index (Phi) is 8.89. The molecule has 4 heterocycles. The molecule has 0 radical (unpaired) electrons. The number of hydrogen-bond donors (Lipinski definition) is 2. The average Bonchev–Trinajstić information content (AvgIpc) is 3.59. The number of unbranched alkanes of at least 4 members (excludes halogenated alkanes) is 1. The monoisotopic (exact) mass is 599 g/mol. The van der Waals surface area contributed by atoms with Crippen molar-refractivity contribution in [3.63, 3.8) is 0 Å². The number of pyridine rings is 1. The zero-order valence-electron chi connectivity index (χ0n) is 23.8. The Hall–Kier alpha value is -4.53. The third kappa shape index (κ3) is 7.10. The highest BCUT2D eigenvalue weighted by atomic mass is 19.4. The van der Waals surface area contributed by atoms with Gasteiger partial charge in [-0.1, -0.05) is 18.6 Å².